The van der Waals surface area contributed by atoms with Crippen LogP contribution in [-0.4, -0.2) is 29.3 Å². The highest BCUT2D eigenvalue weighted by atomic mass is 35.5. The Morgan fingerprint density at radius 3 is 2.53 bits per heavy atom. The standard InChI is InChI=1S/C15H19ClFNO/c1-10-7-13(9-14(17)8-10)15(19)18-5-3-12(4-6-18)11(2)16/h7-9,11-12H,3-6H2,1-2H3. The van der Waals surface area contributed by atoms with Crippen LogP contribution < -0.4 is 0 Å². The molecule has 1 aromatic carbocycles. The number of benzene rings is 1. The molecule has 0 aliphatic carbocycles. The Balaban J connectivity index is 2.05. The third kappa shape index (κ3) is 3.47. The van der Waals surface area contributed by atoms with Crippen LogP contribution in [-0.2, 0) is 0 Å². The molecular weight excluding hydrogens is 265 g/mol. The van der Waals surface area contributed by atoms with Crippen LogP contribution in [0.25, 0.3) is 0 Å². The van der Waals surface area contributed by atoms with Crippen LogP contribution in [0.1, 0.15) is 35.7 Å². The third-order valence-electron chi connectivity index (χ3n) is 3.77. The SMILES string of the molecule is Cc1cc(F)cc(C(=O)N2CCC(C(C)Cl)CC2)c1. The van der Waals surface area contributed by atoms with Crippen LogP contribution in [0, 0.1) is 18.7 Å². The topological polar surface area (TPSA) is 20.3 Å². The van der Waals surface area contributed by atoms with Crippen molar-refractivity contribution in [3.05, 3.63) is 35.1 Å². The fourth-order valence-corrected chi connectivity index (χ4v) is 2.86. The number of alkyl halides is 1. The van der Waals surface area contributed by atoms with Crippen LogP contribution in [0.4, 0.5) is 4.39 Å². The molecule has 0 spiro atoms. The van der Waals surface area contributed by atoms with Crippen molar-refractivity contribution in [2.24, 2.45) is 5.92 Å². The van der Waals surface area contributed by atoms with Crippen molar-refractivity contribution in [3.63, 3.8) is 0 Å². The van der Waals surface area contributed by atoms with Crippen molar-refractivity contribution in [3.8, 4) is 0 Å². The van der Waals surface area contributed by atoms with Crippen molar-refractivity contribution >= 4 is 17.5 Å². The molecule has 2 rings (SSSR count). The number of carbonyl (C=O) groups excluding carboxylic acids is 1. The summed E-state index contributed by atoms with van der Waals surface area (Å²) in [5, 5.41) is 0.147. The number of hydrogen-bond acceptors (Lipinski definition) is 1. The van der Waals surface area contributed by atoms with E-state index < -0.39 is 0 Å². The van der Waals surface area contributed by atoms with Crippen molar-refractivity contribution in [1.29, 1.82) is 0 Å². The Kier molecular flexibility index (Phi) is 4.46. The first-order valence-corrected chi connectivity index (χ1v) is 7.11. The van der Waals surface area contributed by atoms with Gasteiger partial charge in [0.15, 0.2) is 0 Å². The average Bonchev–Trinajstić information content (AvgIpc) is 2.37. The summed E-state index contributed by atoms with van der Waals surface area (Å²) < 4.78 is 13.3. The first-order valence-electron chi connectivity index (χ1n) is 6.68. The zero-order valence-electron chi connectivity index (χ0n) is 11.3. The van der Waals surface area contributed by atoms with E-state index in [-0.39, 0.29) is 17.1 Å². The molecule has 104 valence electrons. The van der Waals surface area contributed by atoms with E-state index in [1.807, 2.05) is 6.92 Å². The summed E-state index contributed by atoms with van der Waals surface area (Å²) in [5.41, 5.74) is 1.21. The summed E-state index contributed by atoms with van der Waals surface area (Å²) in [7, 11) is 0. The fraction of sp³-hybridized carbons (Fsp3) is 0.533. The number of aryl methyl sites for hydroxylation is 1. The van der Waals surface area contributed by atoms with E-state index in [1.54, 1.807) is 17.9 Å². The largest absolute Gasteiger partial charge is 0.339 e. The Hall–Kier alpha value is -1.09. The molecule has 0 N–H and O–H groups in total. The van der Waals surface area contributed by atoms with Gasteiger partial charge in [0.25, 0.3) is 5.91 Å². The molecule has 0 bridgehead atoms. The van der Waals surface area contributed by atoms with Crippen LogP contribution >= 0.6 is 11.6 Å². The zero-order valence-corrected chi connectivity index (χ0v) is 12.1. The number of hydrogen-bond donors (Lipinski definition) is 0. The monoisotopic (exact) mass is 283 g/mol. The molecule has 4 heteroatoms. The van der Waals surface area contributed by atoms with Gasteiger partial charge in [-0.05, 0) is 56.4 Å². The number of carbonyl (C=O) groups is 1. The number of halogens is 2. The first kappa shape index (κ1) is 14.3. The maximum atomic E-state index is 13.3. The van der Waals surface area contributed by atoms with Gasteiger partial charge in [0.05, 0.1) is 0 Å². The molecule has 1 fully saturated rings. The second-order valence-electron chi connectivity index (χ2n) is 5.32. The van der Waals surface area contributed by atoms with E-state index in [4.69, 9.17) is 11.6 Å². The Morgan fingerprint density at radius 2 is 2.00 bits per heavy atom. The first-order chi connectivity index (χ1) is 8.97. The van der Waals surface area contributed by atoms with Crippen LogP contribution in [0.5, 0.6) is 0 Å². The van der Waals surface area contributed by atoms with Gasteiger partial charge in [-0.15, -0.1) is 11.6 Å². The van der Waals surface area contributed by atoms with Gasteiger partial charge >= 0.3 is 0 Å². The summed E-state index contributed by atoms with van der Waals surface area (Å²) in [6.45, 7) is 5.20. The van der Waals surface area contributed by atoms with Crippen LogP contribution in [0.2, 0.25) is 0 Å². The lowest BCUT2D eigenvalue weighted by atomic mass is 9.93. The van der Waals surface area contributed by atoms with Crippen LogP contribution in [0.15, 0.2) is 18.2 Å². The minimum atomic E-state index is -0.354. The molecule has 2 nitrogen and oxygen atoms in total. The average molecular weight is 284 g/mol. The molecule has 19 heavy (non-hydrogen) atoms. The fourth-order valence-electron chi connectivity index (χ4n) is 2.60. The highest BCUT2D eigenvalue weighted by molar-refractivity contribution is 6.20. The van der Waals surface area contributed by atoms with Gasteiger partial charge in [-0.25, -0.2) is 4.39 Å². The number of likely N-dealkylation sites (tertiary alicyclic amines) is 1. The van der Waals surface area contributed by atoms with Gasteiger partial charge in [0.1, 0.15) is 5.82 Å². The second kappa shape index (κ2) is 5.91. The highest BCUT2D eigenvalue weighted by Gasteiger charge is 2.26. The lowest BCUT2D eigenvalue weighted by Crippen LogP contribution is -2.40. The molecule has 1 aromatic rings. The molecule has 1 saturated heterocycles. The van der Waals surface area contributed by atoms with E-state index in [2.05, 4.69) is 0 Å². The van der Waals surface area contributed by atoms with Gasteiger partial charge in [0.2, 0.25) is 0 Å². The highest BCUT2D eigenvalue weighted by Crippen LogP contribution is 2.25. The van der Waals surface area contributed by atoms with E-state index in [1.165, 1.54) is 12.1 Å². The minimum Gasteiger partial charge on any atom is -0.339 e. The minimum absolute atomic E-state index is 0.0803. The third-order valence-corrected chi connectivity index (χ3v) is 4.12. The predicted octanol–water partition coefficient (Wildman–Crippen LogP) is 3.61. The lowest BCUT2D eigenvalue weighted by molar-refractivity contribution is 0.0689. The smallest absolute Gasteiger partial charge is 0.253 e. The van der Waals surface area contributed by atoms with E-state index in [9.17, 15) is 9.18 Å². The van der Waals surface area contributed by atoms with Gasteiger partial charge in [-0.3, -0.25) is 4.79 Å². The number of rotatable bonds is 2. The van der Waals surface area contributed by atoms with E-state index in [0.717, 1.165) is 18.4 Å². The summed E-state index contributed by atoms with van der Waals surface area (Å²) in [6.07, 6.45) is 1.84. The quantitative estimate of drug-likeness (QED) is 0.759. The summed E-state index contributed by atoms with van der Waals surface area (Å²) in [5.74, 6) is 0.0378. The molecule has 1 aliphatic heterocycles. The maximum absolute atomic E-state index is 13.3. The molecule has 0 saturated carbocycles. The van der Waals surface area contributed by atoms with Crippen molar-refractivity contribution in [2.75, 3.05) is 13.1 Å². The summed E-state index contributed by atoms with van der Waals surface area (Å²) in [6, 6.07) is 4.48. The van der Waals surface area contributed by atoms with Crippen molar-refractivity contribution < 1.29 is 9.18 Å². The molecule has 1 atom stereocenters. The molecule has 1 unspecified atom stereocenters. The Labute approximate surface area is 118 Å². The molecule has 1 aliphatic rings. The van der Waals surface area contributed by atoms with Crippen LogP contribution in [0.3, 0.4) is 0 Å². The number of amides is 1. The van der Waals surface area contributed by atoms with Gasteiger partial charge in [-0.1, -0.05) is 0 Å². The Morgan fingerprint density at radius 1 is 1.37 bits per heavy atom. The molecular formula is C15H19ClFNO. The van der Waals surface area contributed by atoms with Gasteiger partial charge < -0.3 is 4.90 Å². The lowest BCUT2D eigenvalue weighted by Gasteiger charge is -2.33. The molecule has 0 radical (unpaired) electrons. The molecule has 1 amide bonds. The second-order valence-corrected chi connectivity index (χ2v) is 6.01. The number of nitrogens with zero attached hydrogens (tertiary/aromatic N) is 1. The Bertz CT molecular complexity index is 447. The summed E-state index contributed by atoms with van der Waals surface area (Å²) in [4.78, 5) is 14.1. The zero-order chi connectivity index (χ0) is 14.0. The van der Waals surface area contributed by atoms with E-state index >= 15 is 0 Å². The number of piperidine rings is 1. The van der Waals surface area contributed by atoms with E-state index in [0.29, 0.717) is 24.6 Å². The molecule has 0 aromatic heterocycles. The van der Waals surface area contributed by atoms with Crippen molar-refractivity contribution in [1.82, 2.24) is 4.90 Å². The van der Waals surface area contributed by atoms with Crippen molar-refractivity contribution in [2.45, 2.75) is 32.1 Å². The van der Waals surface area contributed by atoms with Gasteiger partial charge in [-0.2, -0.15) is 0 Å². The summed E-state index contributed by atoms with van der Waals surface area (Å²) >= 11 is 6.09. The predicted molar refractivity (Wildman–Crippen MR) is 75.1 cm³/mol. The maximum Gasteiger partial charge on any atom is 0.253 e. The van der Waals surface area contributed by atoms with Gasteiger partial charge in [0, 0.05) is 24.0 Å². The molecule has 1 heterocycles. The normalized spacial score (nSPS) is 18.4.